The first-order valence-corrected chi connectivity index (χ1v) is 7.28. The zero-order valence-electron chi connectivity index (χ0n) is 12.0. The van der Waals surface area contributed by atoms with E-state index in [-0.39, 0.29) is 17.4 Å². The average Bonchev–Trinajstić information content (AvgIpc) is 3.05. The van der Waals surface area contributed by atoms with E-state index in [0.29, 0.717) is 17.3 Å². The number of nitrogens with one attached hydrogen (secondary N) is 1. The highest BCUT2D eigenvalue weighted by Crippen LogP contribution is 2.22. The molecule has 0 saturated heterocycles. The van der Waals surface area contributed by atoms with E-state index in [9.17, 15) is 9.90 Å². The molecule has 0 aliphatic rings. The highest BCUT2D eigenvalue weighted by molar-refractivity contribution is 6.30. The van der Waals surface area contributed by atoms with Crippen LogP contribution in [0.3, 0.4) is 0 Å². The lowest BCUT2D eigenvalue weighted by molar-refractivity contribution is 0.0942. The Morgan fingerprint density at radius 2 is 1.83 bits per heavy atom. The van der Waals surface area contributed by atoms with E-state index in [2.05, 4.69) is 10.5 Å². The van der Waals surface area contributed by atoms with E-state index in [1.165, 1.54) is 12.1 Å². The van der Waals surface area contributed by atoms with Crippen LogP contribution in [-0.4, -0.2) is 16.2 Å². The van der Waals surface area contributed by atoms with Gasteiger partial charge in [0.05, 0.1) is 0 Å². The molecule has 0 unspecified atom stereocenters. The molecule has 116 valence electrons. The first-order chi connectivity index (χ1) is 11.1. The summed E-state index contributed by atoms with van der Waals surface area (Å²) >= 11 is 5.82. The van der Waals surface area contributed by atoms with Crippen LogP contribution in [0.5, 0.6) is 5.75 Å². The molecule has 2 N–H and O–H groups in total. The van der Waals surface area contributed by atoms with Gasteiger partial charge >= 0.3 is 0 Å². The van der Waals surface area contributed by atoms with Crippen LogP contribution in [0.1, 0.15) is 16.1 Å². The van der Waals surface area contributed by atoms with Gasteiger partial charge in [-0.05, 0) is 42.0 Å². The Kier molecular flexibility index (Phi) is 4.30. The Morgan fingerprint density at radius 3 is 2.52 bits per heavy atom. The molecule has 0 saturated carbocycles. The molecule has 1 amide bonds. The molecular formula is C17H13ClN2O3. The Hall–Kier alpha value is -2.79. The molecule has 0 bridgehead atoms. The lowest BCUT2D eigenvalue weighted by Crippen LogP contribution is -2.22. The van der Waals surface area contributed by atoms with E-state index in [4.69, 9.17) is 16.1 Å². The number of nitrogens with zero attached hydrogens (tertiary/aromatic N) is 1. The smallest absolute Gasteiger partial charge is 0.273 e. The van der Waals surface area contributed by atoms with Gasteiger partial charge in [0, 0.05) is 23.2 Å². The second-order valence-electron chi connectivity index (χ2n) is 4.93. The predicted molar refractivity (Wildman–Crippen MR) is 86.2 cm³/mol. The summed E-state index contributed by atoms with van der Waals surface area (Å²) in [6, 6.07) is 15.2. The Labute approximate surface area is 137 Å². The van der Waals surface area contributed by atoms with Crippen molar-refractivity contribution in [3.05, 3.63) is 70.9 Å². The molecule has 23 heavy (non-hydrogen) atoms. The normalized spacial score (nSPS) is 10.5. The number of aromatic nitrogens is 1. The lowest BCUT2D eigenvalue weighted by atomic mass is 10.1. The number of benzene rings is 2. The molecular weight excluding hydrogens is 316 g/mol. The van der Waals surface area contributed by atoms with Gasteiger partial charge in [-0.1, -0.05) is 28.9 Å². The summed E-state index contributed by atoms with van der Waals surface area (Å²) in [6.07, 6.45) is 0. The van der Waals surface area contributed by atoms with Crippen LogP contribution in [0.4, 0.5) is 0 Å². The van der Waals surface area contributed by atoms with Gasteiger partial charge in [-0.3, -0.25) is 4.79 Å². The molecule has 1 aromatic heterocycles. The van der Waals surface area contributed by atoms with E-state index >= 15 is 0 Å². The minimum atomic E-state index is -0.325. The molecule has 2 aromatic carbocycles. The van der Waals surface area contributed by atoms with Gasteiger partial charge in [0.25, 0.3) is 5.91 Å². The van der Waals surface area contributed by atoms with Gasteiger partial charge in [-0.25, -0.2) is 0 Å². The minimum Gasteiger partial charge on any atom is -0.508 e. The quantitative estimate of drug-likeness (QED) is 0.767. The number of aromatic hydroxyl groups is 1. The van der Waals surface area contributed by atoms with Crippen molar-refractivity contribution < 1.29 is 14.4 Å². The fourth-order valence-corrected chi connectivity index (χ4v) is 2.15. The summed E-state index contributed by atoms with van der Waals surface area (Å²) in [4.78, 5) is 12.1. The first-order valence-electron chi connectivity index (χ1n) is 6.90. The van der Waals surface area contributed by atoms with Crippen molar-refractivity contribution in [2.45, 2.75) is 6.54 Å². The molecule has 1 heterocycles. The fraction of sp³-hybridized carbons (Fsp3) is 0.0588. The van der Waals surface area contributed by atoms with Crippen molar-refractivity contribution in [1.82, 2.24) is 10.5 Å². The van der Waals surface area contributed by atoms with E-state index in [0.717, 1.165) is 11.1 Å². The Morgan fingerprint density at radius 1 is 1.13 bits per heavy atom. The Bertz CT molecular complexity index is 811. The van der Waals surface area contributed by atoms with Crippen LogP contribution in [0.15, 0.2) is 59.1 Å². The van der Waals surface area contributed by atoms with Crippen LogP contribution < -0.4 is 5.32 Å². The van der Waals surface area contributed by atoms with Crippen molar-refractivity contribution in [3.63, 3.8) is 0 Å². The minimum absolute atomic E-state index is 0.161. The lowest BCUT2D eigenvalue weighted by Gasteiger charge is -2.02. The topological polar surface area (TPSA) is 75.4 Å². The summed E-state index contributed by atoms with van der Waals surface area (Å²) in [5, 5.41) is 16.5. The number of amides is 1. The van der Waals surface area contributed by atoms with Crippen LogP contribution in [0, 0.1) is 0 Å². The summed E-state index contributed by atoms with van der Waals surface area (Å²) < 4.78 is 5.17. The molecule has 5 nitrogen and oxygen atoms in total. The average molecular weight is 329 g/mol. The van der Waals surface area contributed by atoms with Crippen molar-refractivity contribution in [2.75, 3.05) is 0 Å². The largest absolute Gasteiger partial charge is 0.508 e. The second kappa shape index (κ2) is 6.54. The van der Waals surface area contributed by atoms with Crippen LogP contribution in [0.25, 0.3) is 11.3 Å². The zero-order valence-corrected chi connectivity index (χ0v) is 12.7. The monoisotopic (exact) mass is 328 g/mol. The van der Waals surface area contributed by atoms with Gasteiger partial charge in [-0.2, -0.15) is 0 Å². The Balaban J connectivity index is 1.66. The first kappa shape index (κ1) is 15.1. The molecule has 0 aliphatic carbocycles. The number of carbonyl (C=O) groups is 1. The van der Waals surface area contributed by atoms with E-state index in [1.54, 1.807) is 30.3 Å². The van der Waals surface area contributed by atoms with Gasteiger partial charge in [0.1, 0.15) is 5.75 Å². The highest BCUT2D eigenvalue weighted by Gasteiger charge is 2.13. The summed E-state index contributed by atoms with van der Waals surface area (Å²) in [5.74, 6) is 0.296. The number of hydrogen-bond acceptors (Lipinski definition) is 4. The molecule has 6 heteroatoms. The maximum Gasteiger partial charge on any atom is 0.273 e. The molecule has 3 aromatic rings. The summed E-state index contributed by atoms with van der Waals surface area (Å²) in [5.41, 5.74) is 1.86. The number of carbonyl (C=O) groups excluding carboxylic acids is 1. The third kappa shape index (κ3) is 3.70. The SMILES string of the molecule is O=C(NCc1ccc(Cl)cc1)c1cc(-c2ccc(O)cc2)on1. The zero-order chi connectivity index (χ0) is 16.2. The van der Waals surface area contributed by atoms with Crippen LogP contribution in [0.2, 0.25) is 5.02 Å². The van der Waals surface area contributed by atoms with Crippen LogP contribution >= 0.6 is 11.6 Å². The maximum atomic E-state index is 12.1. The van der Waals surface area contributed by atoms with Crippen LogP contribution in [-0.2, 0) is 6.54 Å². The standard InChI is InChI=1S/C17H13ClN2O3/c18-13-5-1-11(2-6-13)10-19-17(22)15-9-16(23-20-15)12-3-7-14(21)8-4-12/h1-9,21H,10H2,(H,19,22). The van der Waals surface area contributed by atoms with Gasteiger partial charge in [0.2, 0.25) is 0 Å². The number of hydrogen-bond donors (Lipinski definition) is 2. The van der Waals surface area contributed by atoms with Crippen molar-refractivity contribution in [3.8, 4) is 17.1 Å². The number of rotatable bonds is 4. The van der Waals surface area contributed by atoms with Crippen molar-refractivity contribution in [1.29, 1.82) is 0 Å². The maximum absolute atomic E-state index is 12.1. The molecule has 0 atom stereocenters. The van der Waals surface area contributed by atoms with Gasteiger partial charge in [0.15, 0.2) is 11.5 Å². The second-order valence-corrected chi connectivity index (χ2v) is 5.37. The fourth-order valence-electron chi connectivity index (χ4n) is 2.02. The number of phenols is 1. The molecule has 3 rings (SSSR count). The third-order valence-corrected chi connectivity index (χ3v) is 3.51. The molecule has 0 radical (unpaired) electrons. The molecule has 0 spiro atoms. The molecule has 0 fully saturated rings. The number of phenolic OH excluding ortho intramolecular Hbond substituents is 1. The third-order valence-electron chi connectivity index (χ3n) is 3.26. The highest BCUT2D eigenvalue weighted by atomic mass is 35.5. The summed E-state index contributed by atoms with van der Waals surface area (Å²) in [7, 11) is 0. The van der Waals surface area contributed by atoms with Crippen molar-refractivity contribution in [2.24, 2.45) is 0 Å². The van der Waals surface area contributed by atoms with Gasteiger partial charge in [-0.15, -0.1) is 0 Å². The van der Waals surface area contributed by atoms with Crippen molar-refractivity contribution >= 4 is 17.5 Å². The number of halogens is 1. The van der Waals surface area contributed by atoms with E-state index < -0.39 is 0 Å². The molecule has 0 aliphatic heterocycles. The van der Waals surface area contributed by atoms with E-state index in [1.807, 2.05) is 12.1 Å². The summed E-state index contributed by atoms with van der Waals surface area (Å²) in [6.45, 7) is 0.372. The van der Waals surface area contributed by atoms with Gasteiger partial charge < -0.3 is 14.9 Å². The predicted octanol–water partition coefficient (Wildman–Crippen LogP) is 3.63.